The van der Waals surface area contributed by atoms with Crippen LogP contribution in [-0.2, 0) is 11.3 Å². The van der Waals surface area contributed by atoms with E-state index in [9.17, 15) is 9.59 Å². The summed E-state index contributed by atoms with van der Waals surface area (Å²) in [6.07, 6.45) is -0.257. The molecule has 8 heteroatoms. The molecule has 0 bridgehead atoms. The minimum Gasteiger partial charge on any atom is -0.496 e. The van der Waals surface area contributed by atoms with Crippen LogP contribution in [0.15, 0.2) is 97.1 Å². The molecule has 0 aliphatic carbocycles. The monoisotopic (exact) mass is 628 g/mol. The van der Waals surface area contributed by atoms with Gasteiger partial charge >= 0.3 is 6.09 Å². The van der Waals surface area contributed by atoms with Crippen LogP contribution in [0.2, 0.25) is 0 Å². The van der Waals surface area contributed by atoms with Gasteiger partial charge in [0.1, 0.15) is 17.4 Å². The van der Waals surface area contributed by atoms with Crippen LogP contribution >= 0.6 is 0 Å². The van der Waals surface area contributed by atoms with Crippen LogP contribution in [0, 0.1) is 0 Å². The predicted octanol–water partition coefficient (Wildman–Crippen LogP) is 7.65. The molecule has 4 aromatic carbocycles. The van der Waals surface area contributed by atoms with E-state index < -0.39 is 5.60 Å². The number of anilines is 1. The number of aromatic nitrogens is 1. The van der Waals surface area contributed by atoms with Gasteiger partial charge in [-0.15, -0.1) is 0 Å². The van der Waals surface area contributed by atoms with Gasteiger partial charge in [-0.2, -0.15) is 0 Å². The Morgan fingerprint density at radius 3 is 2.26 bits per heavy atom. The second-order valence-corrected chi connectivity index (χ2v) is 13.3. The van der Waals surface area contributed by atoms with Crippen LogP contribution in [0.25, 0.3) is 22.0 Å². The summed E-state index contributed by atoms with van der Waals surface area (Å²) in [5.41, 5.74) is 7.30. The number of carbonyl (C=O) groups is 2. The molecule has 1 N–H and O–H groups in total. The highest BCUT2D eigenvalue weighted by Crippen LogP contribution is 2.41. The molecule has 3 heterocycles. The number of amides is 2. The van der Waals surface area contributed by atoms with Gasteiger partial charge in [-0.05, 0) is 79.2 Å². The van der Waals surface area contributed by atoms with Crippen LogP contribution in [-0.4, -0.2) is 65.7 Å². The second kappa shape index (κ2) is 12.2. The van der Waals surface area contributed by atoms with E-state index in [1.807, 2.05) is 68.1 Å². The van der Waals surface area contributed by atoms with Crippen molar-refractivity contribution in [2.75, 3.05) is 38.2 Å². The third kappa shape index (κ3) is 6.03. The normalized spacial score (nSPS) is 15.6. The van der Waals surface area contributed by atoms with E-state index in [1.165, 1.54) is 0 Å². The van der Waals surface area contributed by atoms with E-state index in [-0.39, 0.29) is 18.0 Å². The number of rotatable bonds is 6. The average molecular weight is 629 g/mol. The van der Waals surface area contributed by atoms with Crippen LogP contribution in [0.4, 0.5) is 10.5 Å². The fourth-order valence-corrected chi connectivity index (χ4v) is 6.69. The van der Waals surface area contributed by atoms with E-state index >= 15 is 0 Å². The number of carbonyl (C=O) groups excluding carboxylic acids is 2. The third-order valence-electron chi connectivity index (χ3n) is 9.03. The first-order chi connectivity index (χ1) is 22.7. The van der Waals surface area contributed by atoms with Gasteiger partial charge in [0.2, 0.25) is 0 Å². The molecule has 47 heavy (non-hydrogen) atoms. The fraction of sp³-hybridized carbons (Fsp3) is 0.282. The summed E-state index contributed by atoms with van der Waals surface area (Å²) in [4.78, 5) is 36.3. The molecular weight excluding hydrogens is 588 g/mol. The molecule has 2 aliphatic heterocycles. The SMILES string of the molecule is COc1ccccc1[C@H](c1cc2ccccc2[nH]1)N1Cc2ccc(-c3ccc(N4CCN(C(=O)OC(C)(C)C)CC4)cc3)cc2C1=O. The maximum absolute atomic E-state index is 14.2. The number of hydrogen-bond donors (Lipinski definition) is 1. The summed E-state index contributed by atoms with van der Waals surface area (Å²) in [6.45, 7) is 8.89. The molecule has 8 nitrogen and oxygen atoms in total. The maximum Gasteiger partial charge on any atom is 0.410 e. The van der Waals surface area contributed by atoms with Crippen molar-refractivity contribution in [1.82, 2.24) is 14.8 Å². The lowest BCUT2D eigenvalue weighted by Crippen LogP contribution is -2.50. The van der Waals surface area contributed by atoms with E-state index in [4.69, 9.17) is 9.47 Å². The molecule has 1 atom stereocenters. The topological polar surface area (TPSA) is 78.1 Å². The molecule has 2 aliphatic rings. The zero-order chi connectivity index (χ0) is 32.7. The quantitative estimate of drug-likeness (QED) is 0.209. The Balaban J connectivity index is 1.11. The number of ether oxygens (including phenoxy) is 2. The summed E-state index contributed by atoms with van der Waals surface area (Å²) < 4.78 is 11.3. The Morgan fingerprint density at radius 1 is 0.830 bits per heavy atom. The molecule has 1 saturated heterocycles. The highest BCUT2D eigenvalue weighted by atomic mass is 16.6. The Morgan fingerprint density at radius 2 is 1.53 bits per heavy atom. The molecule has 240 valence electrons. The summed E-state index contributed by atoms with van der Waals surface area (Å²) in [6, 6.07) is 32.5. The molecule has 0 radical (unpaired) electrons. The minimum atomic E-state index is -0.501. The Hall–Kier alpha value is -5.24. The van der Waals surface area contributed by atoms with Gasteiger partial charge < -0.3 is 29.2 Å². The highest BCUT2D eigenvalue weighted by Gasteiger charge is 2.37. The predicted molar refractivity (Wildman–Crippen MR) is 185 cm³/mol. The van der Waals surface area contributed by atoms with Crippen LogP contribution in [0.1, 0.15) is 54.0 Å². The number of para-hydroxylation sites is 2. The number of fused-ring (bicyclic) bond motifs is 2. The Kier molecular flexibility index (Phi) is 7.88. The minimum absolute atomic E-state index is 0.00381. The van der Waals surface area contributed by atoms with Gasteiger partial charge in [0, 0.05) is 60.7 Å². The van der Waals surface area contributed by atoms with Crippen molar-refractivity contribution in [2.45, 2.75) is 39.0 Å². The van der Waals surface area contributed by atoms with Crippen molar-refractivity contribution < 1.29 is 19.1 Å². The lowest BCUT2D eigenvalue weighted by molar-refractivity contribution is 0.0240. The van der Waals surface area contributed by atoms with Crippen molar-refractivity contribution in [2.24, 2.45) is 0 Å². The largest absolute Gasteiger partial charge is 0.496 e. The highest BCUT2D eigenvalue weighted by molar-refractivity contribution is 6.00. The van der Waals surface area contributed by atoms with Crippen molar-refractivity contribution in [3.05, 3.63) is 119 Å². The van der Waals surface area contributed by atoms with Gasteiger partial charge in [0.05, 0.1) is 7.11 Å². The molecule has 1 fully saturated rings. The number of benzene rings is 4. The first-order valence-electron chi connectivity index (χ1n) is 16.2. The molecule has 1 aromatic heterocycles. The zero-order valence-electron chi connectivity index (χ0n) is 27.3. The first kappa shape index (κ1) is 30.4. The molecule has 2 amide bonds. The number of methoxy groups -OCH3 is 1. The third-order valence-corrected chi connectivity index (χ3v) is 9.03. The summed E-state index contributed by atoms with van der Waals surface area (Å²) in [7, 11) is 1.67. The summed E-state index contributed by atoms with van der Waals surface area (Å²) >= 11 is 0. The van der Waals surface area contributed by atoms with Crippen molar-refractivity contribution in [1.29, 1.82) is 0 Å². The number of nitrogens with one attached hydrogen (secondary N) is 1. The van der Waals surface area contributed by atoms with Crippen molar-refractivity contribution >= 4 is 28.6 Å². The Labute approximate surface area is 275 Å². The molecule has 7 rings (SSSR count). The Bertz CT molecular complexity index is 1900. The lowest BCUT2D eigenvalue weighted by atomic mass is 10.00. The van der Waals surface area contributed by atoms with Crippen molar-refractivity contribution in [3.8, 4) is 16.9 Å². The van der Waals surface area contributed by atoms with Crippen LogP contribution < -0.4 is 9.64 Å². The zero-order valence-corrected chi connectivity index (χ0v) is 27.3. The summed E-state index contributed by atoms with van der Waals surface area (Å²) in [5, 5.41) is 1.10. The number of aromatic amines is 1. The molecule has 0 spiro atoms. The van der Waals surface area contributed by atoms with Gasteiger partial charge in [-0.3, -0.25) is 4.79 Å². The van der Waals surface area contributed by atoms with E-state index in [0.29, 0.717) is 19.6 Å². The number of piperazine rings is 1. The van der Waals surface area contributed by atoms with Gasteiger partial charge in [-0.25, -0.2) is 4.79 Å². The average Bonchev–Trinajstić information content (AvgIpc) is 3.65. The second-order valence-electron chi connectivity index (χ2n) is 13.3. The van der Waals surface area contributed by atoms with Gasteiger partial charge in [-0.1, -0.05) is 60.7 Å². The molecular formula is C39H40N4O4. The van der Waals surface area contributed by atoms with E-state index in [2.05, 4.69) is 64.5 Å². The first-order valence-corrected chi connectivity index (χ1v) is 16.2. The number of nitrogens with zero attached hydrogens (tertiary/aromatic N) is 3. The summed E-state index contributed by atoms with van der Waals surface area (Å²) in [5.74, 6) is 0.739. The van der Waals surface area contributed by atoms with E-state index in [0.717, 1.165) is 68.9 Å². The fourth-order valence-electron chi connectivity index (χ4n) is 6.69. The number of H-pyrrole nitrogens is 1. The van der Waals surface area contributed by atoms with Crippen LogP contribution in [0.3, 0.4) is 0 Å². The standard InChI is InChI=1S/C39H40N4O4/c1-39(2,3)47-38(45)42-21-19-41(20-22-42)30-17-15-26(16-18-30)27-13-14-29-25-43(37(44)32(29)23-27)36(31-10-6-8-12-35(31)46-4)34-24-28-9-5-7-11-33(28)40-34/h5-18,23-24,36,40H,19-22,25H2,1-4H3/t36-/m1/s1. The van der Waals surface area contributed by atoms with Gasteiger partial charge in [0.25, 0.3) is 5.91 Å². The van der Waals surface area contributed by atoms with Crippen molar-refractivity contribution in [3.63, 3.8) is 0 Å². The molecule has 0 unspecified atom stereocenters. The van der Waals surface area contributed by atoms with Crippen LogP contribution in [0.5, 0.6) is 5.75 Å². The lowest BCUT2D eigenvalue weighted by Gasteiger charge is -2.36. The maximum atomic E-state index is 14.2. The molecule has 5 aromatic rings. The smallest absolute Gasteiger partial charge is 0.410 e. The van der Waals surface area contributed by atoms with Gasteiger partial charge in [0.15, 0.2) is 0 Å². The molecule has 0 saturated carbocycles. The van der Waals surface area contributed by atoms with E-state index in [1.54, 1.807) is 12.0 Å². The number of hydrogen-bond acceptors (Lipinski definition) is 5.